The lowest BCUT2D eigenvalue weighted by atomic mass is 10.1. The molecule has 0 aliphatic heterocycles. The molecule has 2 aromatic heterocycles. The van der Waals surface area contributed by atoms with E-state index in [0.717, 1.165) is 18.4 Å². The van der Waals surface area contributed by atoms with E-state index in [1.165, 1.54) is 12.4 Å². The lowest BCUT2D eigenvalue weighted by Crippen LogP contribution is -2.13. The third-order valence-electron chi connectivity index (χ3n) is 4.11. The highest BCUT2D eigenvalue weighted by molar-refractivity contribution is 6.39. The van der Waals surface area contributed by atoms with Crippen LogP contribution in [0.4, 0.5) is 5.69 Å². The number of ether oxygens (including phenoxy) is 2. The Kier molecular flexibility index (Phi) is 7.27. The molecule has 3 rings (SSSR count). The number of pyridine rings is 2. The van der Waals surface area contributed by atoms with Gasteiger partial charge in [-0.15, -0.1) is 0 Å². The Morgan fingerprint density at radius 1 is 1.07 bits per heavy atom. The van der Waals surface area contributed by atoms with E-state index in [4.69, 9.17) is 32.7 Å². The van der Waals surface area contributed by atoms with Crippen molar-refractivity contribution in [3.8, 4) is 11.5 Å². The fourth-order valence-electron chi connectivity index (χ4n) is 2.65. The fraction of sp³-hybridized carbons (Fsp3) is 0.190. The minimum atomic E-state index is -0.372. The zero-order valence-electron chi connectivity index (χ0n) is 15.7. The summed E-state index contributed by atoms with van der Waals surface area (Å²) in [5.74, 6) is 0.657. The van der Waals surface area contributed by atoms with Gasteiger partial charge >= 0.3 is 0 Å². The fourth-order valence-corrected chi connectivity index (χ4v) is 3.11. The predicted octanol–water partition coefficient (Wildman–Crippen LogP) is 5.06. The molecule has 0 atom stereocenters. The van der Waals surface area contributed by atoms with Crippen LogP contribution in [-0.4, -0.2) is 29.6 Å². The monoisotopic (exact) mass is 431 g/mol. The molecule has 6 nitrogen and oxygen atoms in total. The van der Waals surface area contributed by atoms with Crippen LogP contribution in [0, 0.1) is 0 Å². The number of rotatable bonds is 8. The molecule has 0 unspecified atom stereocenters. The summed E-state index contributed by atoms with van der Waals surface area (Å²) >= 11 is 12.1. The van der Waals surface area contributed by atoms with Gasteiger partial charge in [0.05, 0.1) is 29.4 Å². The van der Waals surface area contributed by atoms with E-state index in [2.05, 4.69) is 15.3 Å². The maximum absolute atomic E-state index is 12.6. The summed E-state index contributed by atoms with van der Waals surface area (Å²) in [4.78, 5) is 20.6. The molecule has 3 aromatic rings. The Morgan fingerprint density at radius 3 is 2.55 bits per heavy atom. The van der Waals surface area contributed by atoms with Gasteiger partial charge < -0.3 is 14.8 Å². The summed E-state index contributed by atoms with van der Waals surface area (Å²) in [7, 11) is 1.55. The van der Waals surface area contributed by atoms with E-state index in [-0.39, 0.29) is 16.0 Å². The lowest BCUT2D eigenvalue weighted by Gasteiger charge is -2.13. The molecular formula is C21H19Cl2N3O3. The van der Waals surface area contributed by atoms with Crippen molar-refractivity contribution in [2.75, 3.05) is 19.0 Å². The minimum Gasteiger partial charge on any atom is -0.493 e. The molecule has 0 bridgehead atoms. The van der Waals surface area contributed by atoms with Crippen molar-refractivity contribution in [1.82, 2.24) is 9.97 Å². The van der Waals surface area contributed by atoms with E-state index >= 15 is 0 Å². The molecular weight excluding hydrogens is 413 g/mol. The number of halogens is 2. The Morgan fingerprint density at radius 2 is 1.86 bits per heavy atom. The maximum atomic E-state index is 12.6. The number of methoxy groups -OCH3 is 1. The van der Waals surface area contributed by atoms with Crippen molar-refractivity contribution >= 4 is 34.8 Å². The molecule has 1 aromatic carbocycles. The van der Waals surface area contributed by atoms with Crippen molar-refractivity contribution in [3.63, 3.8) is 0 Å². The average molecular weight is 432 g/mol. The highest BCUT2D eigenvalue weighted by Crippen LogP contribution is 2.31. The summed E-state index contributed by atoms with van der Waals surface area (Å²) in [6.07, 6.45) is 8.04. The highest BCUT2D eigenvalue weighted by atomic mass is 35.5. The van der Waals surface area contributed by atoms with Crippen LogP contribution in [0.5, 0.6) is 11.5 Å². The zero-order valence-corrected chi connectivity index (χ0v) is 17.2. The molecule has 0 aliphatic rings. The quantitative estimate of drug-likeness (QED) is 0.504. The maximum Gasteiger partial charge on any atom is 0.255 e. The van der Waals surface area contributed by atoms with Gasteiger partial charge in [0, 0.05) is 30.4 Å². The van der Waals surface area contributed by atoms with Gasteiger partial charge in [0.25, 0.3) is 5.91 Å². The number of amides is 1. The number of carbonyl (C=O) groups excluding carboxylic acids is 1. The third-order valence-corrected chi connectivity index (χ3v) is 4.68. The molecule has 2 heterocycles. The summed E-state index contributed by atoms with van der Waals surface area (Å²) in [6.45, 7) is 0.471. The van der Waals surface area contributed by atoms with Crippen LogP contribution in [-0.2, 0) is 6.42 Å². The van der Waals surface area contributed by atoms with Crippen molar-refractivity contribution < 1.29 is 14.3 Å². The first kappa shape index (κ1) is 20.9. The number of hydrogen-bond donors (Lipinski definition) is 1. The summed E-state index contributed by atoms with van der Waals surface area (Å²) in [5, 5.41) is 3.21. The van der Waals surface area contributed by atoms with Gasteiger partial charge in [-0.25, -0.2) is 0 Å². The Bertz CT molecular complexity index is 964. The van der Waals surface area contributed by atoms with Crippen molar-refractivity contribution in [2.45, 2.75) is 12.8 Å². The van der Waals surface area contributed by atoms with Crippen LogP contribution in [0.1, 0.15) is 22.3 Å². The number of aromatic nitrogens is 2. The second-order valence-electron chi connectivity index (χ2n) is 6.11. The van der Waals surface area contributed by atoms with Gasteiger partial charge in [-0.1, -0.05) is 29.3 Å². The number of hydrogen-bond acceptors (Lipinski definition) is 5. The molecule has 0 aliphatic carbocycles. The standard InChI is InChI=1S/C21H19Cl2N3O3/c1-28-18-7-6-15(21(27)26-20-16(22)12-25-13-17(20)23)10-19(18)29-9-3-5-14-4-2-8-24-11-14/h2,4,6-8,10-13H,3,5,9H2,1H3,(H,25,26,27). The minimum absolute atomic E-state index is 0.256. The number of anilines is 1. The largest absolute Gasteiger partial charge is 0.493 e. The number of carbonyl (C=O) groups is 1. The molecule has 150 valence electrons. The van der Waals surface area contributed by atoms with Crippen LogP contribution < -0.4 is 14.8 Å². The number of benzene rings is 1. The molecule has 8 heteroatoms. The summed E-state index contributed by atoms with van der Waals surface area (Å²) in [6, 6.07) is 8.87. The van der Waals surface area contributed by atoms with Gasteiger partial charge in [-0.3, -0.25) is 14.8 Å². The van der Waals surface area contributed by atoms with Crippen LogP contribution in [0.2, 0.25) is 10.0 Å². The second-order valence-corrected chi connectivity index (χ2v) is 6.93. The number of nitrogens with zero attached hydrogens (tertiary/aromatic N) is 2. The summed E-state index contributed by atoms with van der Waals surface area (Å²) < 4.78 is 11.2. The van der Waals surface area contributed by atoms with E-state index in [9.17, 15) is 4.79 Å². The third kappa shape index (κ3) is 5.59. The van der Waals surface area contributed by atoms with Crippen molar-refractivity contribution in [3.05, 3.63) is 76.3 Å². The van der Waals surface area contributed by atoms with Crippen LogP contribution in [0.25, 0.3) is 0 Å². The first-order valence-electron chi connectivity index (χ1n) is 8.88. The van der Waals surface area contributed by atoms with Crippen molar-refractivity contribution in [2.24, 2.45) is 0 Å². The van der Waals surface area contributed by atoms with Gasteiger partial charge in [0.2, 0.25) is 0 Å². The van der Waals surface area contributed by atoms with Gasteiger partial charge in [-0.2, -0.15) is 0 Å². The lowest BCUT2D eigenvalue weighted by molar-refractivity contribution is 0.102. The molecule has 0 fully saturated rings. The highest BCUT2D eigenvalue weighted by Gasteiger charge is 2.15. The van der Waals surface area contributed by atoms with Gasteiger partial charge in [0.15, 0.2) is 11.5 Å². The van der Waals surface area contributed by atoms with E-state index in [1.54, 1.807) is 31.5 Å². The van der Waals surface area contributed by atoms with E-state index < -0.39 is 0 Å². The second kappa shape index (κ2) is 10.1. The van der Waals surface area contributed by atoms with Crippen LogP contribution in [0.3, 0.4) is 0 Å². The predicted molar refractivity (Wildman–Crippen MR) is 113 cm³/mol. The molecule has 1 amide bonds. The molecule has 29 heavy (non-hydrogen) atoms. The molecule has 0 spiro atoms. The zero-order chi connectivity index (χ0) is 20.6. The van der Waals surface area contributed by atoms with Gasteiger partial charge in [-0.05, 0) is 42.7 Å². The molecule has 0 saturated carbocycles. The molecule has 1 N–H and O–H groups in total. The number of aryl methyl sites for hydroxylation is 1. The Labute approximate surface area is 178 Å². The Hall–Kier alpha value is -2.83. The Balaban J connectivity index is 1.67. The topological polar surface area (TPSA) is 73.3 Å². The number of nitrogens with one attached hydrogen (secondary N) is 1. The normalized spacial score (nSPS) is 10.4. The first-order valence-corrected chi connectivity index (χ1v) is 9.64. The van der Waals surface area contributed by atoms with Gasteiger partial charge in [0.1, 0.15) is 0 Å². The SMILES string of the molecule is COc1ccc(C(=O)Nc2c(Cl)cncc2Cl)cc1OCCCc1cccnc1. The van der Waals surface area contributed by atoms with Crippen molar-refractivity contribution in [1.29, 1.82) is 0 Å². The van der Waals surface area contributed by atoms with Crippen LogP contribution >= 0.6 is 23.2 Å². The average Bonchev–Trinajstić information content (AvgIpc) is 2.74. The van der Waals surface area contributed by atoms with Crippen LogP contribution in [0.15, 0.2) is 55.1 Å². The molecule has 0 radical (unpaired) electrons. The molecule has 0 saturated heterocycles. The first-order chi connectivity index (χ1) is 14.1. The smallest absolute Gasteiger partial charge is 0.255 e. The van der Waals surface area contributed by atoms with E-state index in [1.807, 2.05) is 18.3 Å². The summed E-state index contributed by atoms with van der Waals surface area (Å²) in [5.41, 5.74) is 1.84. The van der Waals surface area contributed by atoms with E-state index in [0.29, 0.717) is 29.4 Å².